The van der Waals surface area contributed by atoms with Gasteiger partial charge in [-0.15, -0.1) is 0 Å². The molecular weight excluding hydrogens is 206 g/mol. The van der Waals surface area contributed by atoms with Crippen molar-refractivity contribution < 1.29 is 0 Å². The molecule has 17 heavy (non-hydrogen) atoms. The molecule has 0 saturated carbocycles. The Morgan fingerprint density at radius 3 is 2.47 bits per heavy atom. The number of nitrogens with one attached hydrogen (secondary N) is 1. The summed E-state index contributed by atoms with van der Waals surface area (Å²) in [6.45, 7) is 10.1. The van der Waals surface area contributed by atoms with Crippen LogP contribution >= 0.6 is 0 Å². The second-order valence-corrected chi connectivity index (χ2v) is 5.10. The third-order valence-electron chi connectivity index (χ3n) is 3.43. The summed E-state index contributed by atoms with van der Waals surface area (Å²) in [5.41, 5.74) is 2.87. The minimum absolute atomic E-state index is 0.516. The molecule has 0 aliphatic heterocycles. The largest absolute Gasteiger partial charge is 0.310 e. The number of rotatable bonds is 7. The quantitative estimate of drug-likeness (QED) is 0.732. The molecule has 0 bridgehead atoms. The second-order valence-electron chi connectivity index (χ2n) is 5.10. The van der Waals surface area contributed by atoms with Crippen LogP contribution in [0.5, 0.6) is 0 Å². The van der Waals surface area contributed by atoms with Gasteiger partial charge in [0.1, 0.15) is 0 Å². The van der Waals surface area contributed by atoms with Crippen molar-refractivity contribution in [3.63, 3.8) is 0 Å². The van der Waals surface area contributed by atoms with E-state index in [0.717, 1.165) is 12.5 Å². The van der Waals surface area contributed by atoms with Gasteiger partial charge in [-0.2, -0.15) is 0 Å². The molecule has 1 rings (SSSR count). The van der Waals surface area contributed by atoms with Gasteiger partial charge in [-0.3, -0.25) is 0 Å². The lowest BCUT2D eigenvalue weighted by molar-refractivity contribution is 0.394. The Morgan fingerprint density at radius 2 is 1.88 bits per heavy atom. The maximum atomic E-state index is 3.63. The van der Waals surface area contributed by atoms with Crippen molar-refractivity contribution in [3.8, 4) is 0 Å². The van der Waals surface area contributed by atoms with Gasteiger partial charge in [0.15, 0.2) is 0 Å². The maximum absolute atomic E-state index is 3.63. The fraction of sp³-hybridized carbons (Fsp3) is 0.625. The third-order valence-corrected chi connectivity index (χ3v) is 3.43. The van der Waals surface area contributed by atoms with E-state index in [9.17, 15) is 0 Å². The van der Waals surface area contributed by atoms with Gasteiger partial charge in [0.2, 0.25) is 0 Å². The Hall–Kier alpha value is -0.820. The predicted molar refractivity (Wildman–Crippen MR) is 76.3 cm³/mol. The van der Waals surface area contributed by atoms with Crippen LogP contribution in [0.4, 0.5) is 0 Å². The Morgan fingerprint density at radius 1 is 1.18 bits per heavy atom. The van der Waals surface area contributed by atoms with Gasteiger partial charge in [-0.25, -0.2) is 0 Å². The summed E-state index contributed by atoms with van der Waals surface area (Å²) in [6, 6.07) is 9.27. The van der Waals surface area contributed by atoms with Crippen LogP contribution in [-0.4, -0.2) is 6.54 Å². The highest BCUT2D eigenvalue weighted by Gasteiger charge is 2.15. The monoisotopic (exact) mass is 233 g/mol. The number of aryl methyl sites for hydroxylation is 1. The van der Waals surface area contributed by atoms with E-state index in [2.05, 4.69) is 57.3 Å². The molecule has 0 saturated heterocycles. The lowest BCUT2D eigenvalue weighted by atomic mass is 9.91. The molecule has 0 aliphatic rings. The predicted octanol–water partition coefficient (Wildman–Crippen LogP) is 4.47. The smallest absolute Gasteiger partial charge is 0.0325 e. The van der Waals surface area contributed by atoms with E-state index in [-0.39, 0.29) is 0 Å². The highest BCUT2D eigenvalue weighted by Crippen LogP contribution is 2.25. The average molecular weight is 233 g/mol. The fourth-order valence-corrected chi connectivity index (χ4v) is 2.56. The summed E-state index contributed by atoms with van der Waals surface area (Å²) >= 11 is 0. The molecule has 0 amide bonds. The van der Waals surface area contributed by atoms with E-state index in [1.54, 1.807) is 0 Å². The first-order chi connectivity index (χ1) is 8.19. The summed E-state index contributed by atoms with van der Waals surface area (Å²) in [5.74, 6) is 0.795. The Kier molecular flexibility index (Phi) is 6.28. The average Bonchev–Trinajstić information content (AvgIpc) is 2.29. The standard InChI is InChI=1S/C16H27N/c1-5-9-13(3)12-16(17-6-2)15-11-8-7-10-14(15)4/h7-8,10-11,13,16-17H,5-6,9,12H2,1-4H3. The Labute approximate surface area is 107 Å². The third kappa shape index (κ3) is 4.51. The normalized spacial score (nSPS) is 14.6. The molecule has 1 N–H and O–H groups in total. The molecule has 2 unspecified atom stereocenters. The Bertz CT molecular complexity index is 319. The van der Waals surface area contributed by atoms with Crippen molar-refractivity contribution in [2.45, 2.75) is 53.0 Å². The lowest BCUT2D eigenvalue weighted by Gasteiger charge is -2.23. The summed E-state index contributed by atoms with van der Waals surface area (Å²) in [7, 11) is 0. The van der Waals surface area contributed by atoms with E-state index in [1.165, 1.54) is 30.4 Å². The Balaban J connectivity index is 2.75. The van der Waals surface area contributed by atoms with Crippen molar-refractivity contribution in [2.75, 3.05) is 6.54 Å². The molecule has 1 nitrogen and oxygen atoms in total. The molecule has 0 fully saturated rings. The van der Waals surface area contributed by atoms with Crippen LogP contribution in [0.25, 0.3) is 0 Å². The summed E-state index contributed by atoms with van der Waals surface area (Å²) in [4.78, 5) is 0. The summed E-state index contributed by atoms with van der Waals surface area (Å²) in [5, 5.41) is 3.63. The molecule has 0 spiro atoms. The molecule has 0 heterocycles. The van der Waals surface area contributed by atoms with Gasteiger partial charge >= 0.3 is 0 Å². The van der Waals surface area contributed by atoms with E-state index in [0.29, 0.717) is 6.04 Å². The lowest BCUT2D eigenvalue weighted by Crippen LogP contribution is -2.23. The van der Waals surface area contributed by atoms with Gasteiger partial charge in [0, 0.05) is 6.04 Å². The van der Waals surface area contributed by atoms with Crippen LogP contribution in [0.3, 0.4) is 0 Å². The zero-order valence-corrected chi connectivity index (χ0v) is 11.8. The molecule has 1 aromatic carbocycles. The van der Waals surface area contributed by atoms with Crippen molar-refractivity contribution in [2.24, 2.45) is 5.92 Å². The summed E-state index contributed by atoms with van der Waals surface area (Å²) < 4.78 is 0. The van der Waals surface area contributed by atoms with E-state index >= 15 is 0 Å². The first-order valence-electron chi connectivity index (χ1n) is 6.97. The maximum Gasteiger partial charge on any atom is 0.0325 e. The molecule has 0 radical (unpaired) electrons. The SMILES string of the molecule is CCCC(C)CC(NCC)c1ccccc1C. The van der Waals surface area contributed by atoms with Crippen LogP contribution in [0.15, 0.2) is 24.3 Å². The topological polar surface area (TPSA) is 12.0 Å². The van der Waals surface area contributed by atoms with Crippen molar-refractivity contribution in [1.29, 1.82) is 0 Å². The zero-order valence-electron chi connectivity index (χ0n) is 11.8. The zero-order chi connectivity index (χ0) is 12.7. The second kappa shape index (κ2) is 7.50. The van der Waals surface area contributed by atoms with Gasteiger partial charge in [-0.05, 0) is 36.9 Å². The molecule has 0 aromatic heterocycles. The fourth-order valence-electron chi connectivity index (χ4n) is 2.56. The minimum Gasteiger partial charge on any atom is -0.310 e. The van der Waals surface area contributed by atoms with Crippen LogP contribution in [0, 0.1) is 12.8 Å². The highest BCUT2D eigenvalue weighted by atomic mass is 14.9. The number of benzene rings is 1. The first-order valence-corrected chi connectivity index (χ1v) is 6.97. The molecular formula is C16H27N. The molecule has 0 aliphatic carbocycles. The first kappa shape index (κ1) is 14.2. The van der Waals surface area contributed by atoms with Gasteiger partial charge in [0.25, 0.3) is 0 Å². The van der Waals surface area contributed by atoms with Gasteiger partial charge in [-0.1, -0.05) is 57.9 Å². The van der Waals surface area contributed by atoms with E-state index in [1.807, 2.05) is 0 Å². The van der Waals surface area contributed by atoms with Crippen LogP contribution in [0.2, 0.25) is 0 Å². The minimum atomic E-state index is 0.516. The van der Waals surface area contributed by atoms with Crippen molar-refractivity contribution >= 4 is 0 Å². The number of hydrogen-bond donors (Lipinski definition) is 1. The molecule has 1 heteroatoms. The van der Waals surface area contributed by atoms with Crippen LogP contribution in [0.1, 0.15) is 57.2 Å². The number of hydrogen-bond acceptors (Lipinski definition) is 1. The summed E-state index contributed by atoms with van der Waals surface area (Å²) in [6.07, 6.45) is 3.86. The van der Waals surface area contributed by atoms with Gasteiger partial charge < -0.3 is 5.32 Å². The van der Waals surface area contributed by atoms with E-state index in [4.69, 9.17) is 0 Å². The van der Waals surface area contributed by atoms with Crippen LogP contribution < -0.4 is 5.32 Å². The van der Waals surface area contributed by atoms with E-state index < -0.39 is 0 Å². The molecule has 2 atom stereocenters. The molecule has 1 aromatic rings. The van der Waals surface area contributed by atoms with Gasteiger partial charge in [0.05, 0.1) is 0 Å². The van der Waals surface area contributed by atoms with Crippen LogP contribution in [-0.2, 0) is 0 Å². The highest BCUT2D eigenvalue weighted by molar-refractivity contribution is 5.28. The van der Waals surface area contributed by atoms with Crippen molar-refractivity contribution in [1.82, 2.24) is 5.32 Å². The van der Waals surface area contributed by atoms with Crippen molar-refractivity contribution in [3.05, 3.63) is 35.4 Å². The molecule has 96 valence electrons.